The van der Waals surface area contributed by atoms with Gasteiger partial charge in [0.05, 0.1) is 17.3 Å². The summed E-state index contributed by atoms with van der Waals surface area (Å²) in [7, 11) is 0. The second-order valence-electron chi connectivity index (χ2n) is 13.8. The molecule has 0 radical (unpaired) electrons. The zero-order valence-electron chi connectivity index (χ0n) is 27.7. The van der Waals surface area contributed by atoms with Crippen molar-refractivity contribution in [3.8, 4) is 5.75 Å². The minimum Gasteiger partial charge on any atom is -0.506 e. The standard InChI is InChI=1S/C37H45ClN8O3/c38-30-5-1-4-28(35(30)48)31(39)19-29(36(40)41)23-20-42-46(21-23)25-13-16-44(17-14-25)24-9-7-22(8-10-24)26-3-2-6-32-27(26)15-18-45(32)33-11-12-34(47)43-37(33)49/h1-6,19-22,24-25,33,48H,7-18,39-41H2,(H,43,47,49)/b31-19-/t22-,24+,33?. The smallest absolute Gasteiger partial charge is 0.249 e. The third kappa shape index (κ3) is 6.61. The lowest BCUT2D eigenvalue weighted by atomic mass is 9.79. The molecule has 0 bridgehead atoms. The summed E-state index contributed by atoms with van der Waals surface area (Å²) >= 11 is 6.08. The molecule has 0 spiro atoms. The van der Waals surface area contributed by atoms with E-state index in [9.17, 15) is 14.7 Å². The van der Waals surface area contributed by atoms with Crippen LogP contribution in [0.4, 0.5) is 5.69 Å². The molecule has 1 aliphatic carbocycles. The summed E-state index contributed by atoms with van der Waals surface area (Å²) in [5, 5.41) is 17.8. The zero-order valence-corrected chi connectivity index (χ0v) is 28.4. The van der Waals surface area contributed by atoms with Crippen LogP contribution in [0.5, 0.6) is 5.75 Å². The van der Waals surface area contributed by atoms with Crippen molar-refractivity contribution >= 4 is 40.4 Å². The number of anilines is 1. The molecule has 3 aromatic rings. The Hall–Kier alpha value is -4.48. The van der Waals surface area contributed by atoms with Crippen LogP contribution in [0.2, 0.25) is 5.02 Å². The third-order valence-corrected chi connectivity index (χ3v) is 11.3. The topological polar surface area (TPSA) is 169 Å². The van der Waals surface area contributed by atoms with Crippen LogP contribution in [-0.4, -0.2) is 63.3 Å². The molecule has 2 amide bonds. The second-order valence-corrected chi connectivity index (χ2v) is 14.2. The Morgan fingerprint density at radius 1 is 0.918 bits per heavy atom. The number of halogens is 1. The molecule has 1 saturated carbocycles. The predicted molar refractivity (Wildman–Crippen MR) is 191 cm³/mol. The number of imide groups is 1. The quantitative estimate of drug-likeness (QED) is 0.179. The van der Waals surface area contributed by atoms with Gasteiger partial charge in [-0.25, -0.2) is 0 Å². The number of aromatic hydroxyl groups is 1. The number of allylic oxidation sites excluding steroid dienone is 2. The van der Waals surface area contributed by atoms with Gasteiger partial charge in [0.15, 0.2) is 0 Å². The van der Waals surface area contributed by atoms with Crippen LogP contribution in [-0.2, 0) is 16.0 Å². The first-order chi connectivity index (χ1) is 23.7. The summed E-state index contributed by atoms with van der Waals surface area (Å²) in [4.78, 5) is 29.2. The van der Waals surface area contributed by atoms with Crippen LogP contribution in [0.25, 0.3) is 11.3 Å². The van der Waals surface area contributed by atoms with Gasteiger partial charge in [-0.15, -0.1) is 0 Å². The van der Waals surface area contributed by atoms with Gasteiger partial charge in [0.2, 0.25) is 11.8 Å². The Morgan fingerprint density at radius 3 is 2.41 bits per heavy atom. The fourth-order valence-corrected chi connectivity index (χ4v) is 8.61. The number of hydrogen-bond acceptors (Lipinski definition) is 9. The summed E-state index contributed by atoms with van der Waals surface area (Å²) in [6.45, 7) is 2.88. The first kappa shape index (κ1) is 33.0. The molecule has 2 saturated heterocycles. The number of fused-ring (bicyclic) bond motifs is 1. The number of piperidine rings is 2. The van der Waals surface area contributed by atoms with Gasteiger partial charge in [-0.2, -0.15) is 5.10 Å². The van der Waals surface area contributed by atoms with Crippen LogP contribution >= 0.6 is 11.6 Å². The number of aromatic nitrogens is 2. The fourth-order valence-electron chi connectivity index (χ4n) is 8.43. The number of phenols is 1. The molecule has 11 nitrogen and oxygen atoms in total. The third-order valence-electron chi connectivity index (χ3n) is 11.0. The number of benzene rings is 2. The average Bonchev–Trinajstić information content (AvgIpc) is 3.77. The molecular formula is C37H45ClN8O3. The highest BCUT2D eigenvalue weighted by Crippen LogP contribution is 2.42. The van der Waals surface area contributed by atoms with Gasteiger partial charge in [0.1, 0.15) is 17.6 Å². The van der Waals surface area contributed by atoms with E-state index in [1.807, 2.05) is 10.9 Å². The lowest BCUT2D eigenvalue weighted by Gasteiger charge is -2.41. The lowest BCUT2D eigenvalue weighted by molar-refractivity contribution is -0.134. The molecule has 7 rings (SSSR count). The SMILES string of the molecule is NC(N)=C(/C=C(\N)c1cccc(Cl)c1O)c1cnn(C2CCN([C@H]3CC[C@@H](c4cccc5c4CCN5C4CCC(=O)NC4=O)CC3)CC2)c1. The number of carbonyl (C=O) groups excluding carboxylic acids is 2. The van der Waals surface area contributed by atoms with Crippen LogP contribution < -0.4 is 27.4 Å². The van der Waals surface area contributed by atoms with E-state index < -0.39 is 0 Å². The summed E-state index contributed by atoms with van der Waals surface area (Å²) in [5.74, 6) is 0.227. The maximum Gasteiger partial charge on any atom is 0.249 e. The Kier molecular flexibility index (Phi) is 9.30. The number of carbonyl (C=O) groups is 2. The van der Waals surface area contributed by atoms with Crippen molar-refractivity contribution < 1.29 is 14.7 Å². The Morgan fingerprint density at radius 2 is 1.67 bits per heavy atom. The number of para-hydroxylation sites is 1. The zero-order chi connectivity index (χ0) is 34.2. The molecule has 4 heterocycles. The Labute approximate surface area is 291 Å². The van der Waals surface area contributed by atoms with Crippen molar-refractivity contribution in [2.75, 3.05) is 24.5 Å². The lowest BCUT2D eigenvalue weighted by Crippen LogP contribution is -2.52. The van der Waals surface area contributed by atoms with Crippen molar-refractivity contribution in [1.29, 1.82) is 0 Å². The van der Waals surface area contributed by atoms with Gasteiger partial charge in [0.25, 0.3) is 0 Å². The summed E-state index contributed by atoms with van der Waals surface area (Å²) in [6, 6.07) is 12.2. The van der Waals surface area contributed by atoms with Crippen LogP contribution in [0.1, 0.15) is 85.6 Å². The first-order valence-corrected chi connectivity index (χ1v) is 17.8. The minimum absolute atomic E-state index is 0.0919. The first-order valence-electron chi connectivity index (χ1n) is 17.4. The second kappa shape index (κ2) is 13.8. The van der Waals surface area contributed by atoms with E-state index in [1.165, 1.54) is 42.5 Å². The number of phenolic OH excluding ortho intramolecular Hbond substituents is 1. The maximum atomic E-state index is 12.6. The minimum atomic E-state index is -0.260. The van der Waals surface area contributed by atoms with E-state index in [1.54, 1.807) is 30.5 Å². The largest absolute Gasteiger partial charge is 0.506 e. The molecule has 8 N–H and O–H groups in total. The van der Waals surface area contributed by atoms with E-state index in [4.69, 9.17) is 28.8 Å². The summed E-state index contributed by atoms with van der Waals surface area (Å²) in [5.41, 5.74) is 24.5. The van der Waals surface area contributed by atoms with E-state index in [0.717, 1.165) is 44.5 Å². The van der Waals surface area contributed by atoms with Gasteiger partial charge < -0.3 is 32.1 Å². The van der Waals surface area contributed by atoms with E-state index in [2.05, 4.69) is 38.4 Å². The highest BCUT2D eigenvalue weighted by molar-refractivity contribution is 6.32. The van der Waals surface area contributed by atoms with E-state index in [-0.39, 0.29) is 40.5 Å². The number of amides is 2. The molecule has 258 valence electrons. The molecule has 2 aromatic carbocycles. The molecule has 12 heteroatoms. The van der Waals surface area contributed by atoms with E-state index in [0.29, 0.717) is 41.6 Å². The number of nitrogens with one attached hydrogen (secondary N) is 1. The number of nitrogens with zero attached hydrogens (tertiary/aromatic N) is 4. The fraction of sp³-hybridized carbons (Fsp3) is 0.432. The van der Waals surface area contributed by atoms with E-state index >= 15 is 0 Å². The van der Waals surface area contributed by atoms with Crippen molar-refractivity contribution in [2.24, 2.45) is 17.2 Å². The van der Waals surface area contributed by atoms with Crippen molar-refractivity contribution in [2.45, 2.75) is 81.8 Å². The highest BCUT2D eigenvalue weighted by atomic mass is 35.5. The van der Waals surface area contributed by atoms with Crippen LogP contribution in [0.15, 0.2) is 60.7 Å². The number of hydrogen-bond donors (Lipinski definition) is 5. The Bertz CT molecular complexity index is 1800. The van der Waals surface area contributed by atoms with Gasteiger partial charge in [-0.05, 0) is 92.7 Å². The molecule has 1 atom stereocenters. The Balaban J connectivity index is 0.947. The summed E-state index contributed by atoms with van der Waals surface area (Å²) < 4.78 is 2.02. The number of likely N-dealkylation sites (tertiary alicyclic amines) is 1. The van der Waals surface area contributed by atoms with Gasteiger partial charge in [-0.3, -0.25) is 19.6 Å². The number of nitrogens with two attached hydrogens (primary N) is 3. The molecule has 4 aliphatic rings. The normalized spacial score (nSPS) is 23.7. The van der Waals surface area contributed by atoms with Crippen molar-refractivity contribution in [3.63, 3.8) is 0 Å². The van der Waals surface area contributed by atoms with Crippen LogP contribution in [0, 0.1) is 0 Å². The molecule has 1 aromatic heterocycles. The predicted octanol–water partition coefficient (Wildman–Crippen LogP) is 4.36. The van der Waals surface area contributed by atoms with Crippen molar-refractivity contribution in [1.82, 2.24) is 20.0 Å². The molecule has 3 fully saturated rings. The molecular weight excluding hydrogens is 640 g/mol. The van der Waals surface area contributed by atoms with Gasteiger partial charge >= 0.3 is 0 Å². The van der Waals surface area contributed by atoms with Crippen molar-refractivity contribution in [3.05, 3.63) is 88.0 Å². The van der Waals surface area contributed by atoms with Crippen LogP contribution in [0.3, 0.4) is 0 Å². The number of rotatable bonds is 7. The monoisotopic (exact) mass is 684 g/mol. The highest BCUT2D eigenvalue weighted by Gasteiger charge is 2.37. The maximum absolute atomic E-state index is 12.6. The molecule has 49 heavy (non-hydrogen) atoms. The van der Waals surface area contributed by atoms with Gasteiger partial charge in [0, 0.05) is 66.4 Å². The van der Waals surface area contributed by atoms with Gasteiger partial charge in [-0.1, -0.05) is 29.8 Å². The molecule has 3 aliphatic heterocycles. The average molecular weight is 685 g/mol. The summed E-state index contributed by atoms with van der Waals surface area (Å²) in [6.07, 6.45) is 14.0. The molecule has 1 unspecified atom stereocenters.